The van der Waals surface area contributed by atoms with Gasteiger partial charge in [0, 0.05) is 26.2 Å². The molecule has 0 atom stereocenters. The van der Waals surface area contributed by atoms with Crippen LogP contribution in [0.15, 0.2) is 47.5 Å². The van der Waals surface area contributed by atoms with Gasteiger partial charge in [0.05, 0.1) is 23.4 Å². The molecule has 2 heterocycles. The minimum Gasteiger partial charge on any atom is -0.494 e. The van der Waals surface area contributed by atoms with Gasteiger partial charge < -0.3 is 14.5 Å². The average Bonchev–Trinajstić information content (AvgIpc) is 2.64. The predicted molar refractivity (Wildman–Crippen MR) is 102 cm³/mol. The minimum atomic E-state index is -3.68. The van der Waals surface area contributed by atoms with Gasteiger partial charge in [-0.25, -0.2) is 13.4 Å². The van der Waals surface area contributed by atoms with E-state index in [0.717, 1.165) is 31.9 Å². The summed E-state index contributed by atoms with van der Waals surface area (Å²) in [7, 11) is -1.57. The second-order valence-electron chi connectivity index (χ2n) is 6.20. The Bertz CT molecular complexity index is 815. The molecular formula is C18H24N4O3S. The van der Waals surface area contributed by atoms with Gasteiger partial charge in [0.2, 0.25) is 0 Å². The van der Waals surface area contributed by atoms with E-state index >= 15 is 0 Å². The number of sulfonamides is 1. The molecule has 1 aliphatic heterocycles. The third kappa shape index (κ3) is 4.44. The first-order valence-corrected chi connectivity index (χ1v) is 10.1. The van der Waals surface area contributed by atoms with Crippen molar-refractivity contribution in [3.8, 4) is 5.75 Å². The van der Waals surface area contributed by atoms with Crippen LogP contribution in [0.2, 0.25) is 0 Å². The molecule has 0 amide bonds. The van der Waals surface area contributed by atoms with Gasteiger partial charge in [-0.3, -0.25) is 4.72 Å². The maximum Gasteiger partial charge on any atom is 0.263 e. The zero-order valence-corrected chi connectivity index (χ0v) is 15.9. The zero-order chi connectivity index (χ0) is 18.6. The molecule has 0 bridgehead atoms. The first kappa shape index (κ1) is 18.5. The van der Waals surface area contributed by atoms with E-state index in [1.54, 1.807) is 24.4 Å². The van der Waals surface area contributed by atoms with Crippen molar-refractivity contribution in [1.82, 2.24) is 9.88 Å². The highest BCUT2D eigenvalue weighted by Gasteiger charge is 2.17. The van der Waals surface area contributed by atoms with Crippen molar-refractivity contribution in [2.24, 2.45) is 0 Å². The Morgan fingerprint density at radius 3 is 2.35 bits per heavy atom. The molecule has 7 nitrogen and oxygen atoms in total. The number of hydrogen-bond donors (Lipinski definition) is 1. The molecule has 1 aromatic carbocycles. The number of likely N-dealkylation sites (N-methyl/N-ethyl adjacent to an activating group) is 1. The molecule has 0 unspecified atom stereocenters. The Labute approximate surface area is 154 Å². The fourth-order valence-corrected chi connectivity index (χ4v) is 3.78. The topological polar surface area (TPSA) is 74.8 Å². The number of nitrogens with one attached hydrogen (secondary N) is 1. The summed E-state index contributed by atoms with van der Waals surface area (Å²) in [5.74, 6) is 0.942. The molecule has 1 fully saturated rings. The van der Waals surface area contributed by atoms with Crippen molar-refractivity contribution in [1.29, 1.82) is 0 Å². The predicted octanol–water partition coefficient (Wildman–Crippen LogP) is 2.03. The summed E-state index contributed by atoms with van der Waals surface area (Å²) in [4.78, 5) is 8.96. The summed E-state index contributed by atoms with van der Waals surface area (Å²) in [6.45, 7) is 6.31. The highest BCUT2D eigenvalue weighted by molar-refractivity contribution is 7.92. The summed E-state index contributed by atoms with van der Waals surface area (Å²) in [6, 6.07) is 9.91. The van der Waals surface area contributed by atoms with Gasteiger partial charge in [-0.1, -0.05) is 0 Å². The number of piperazine rings is 1. The summed E-state index contributed by atoms with van der Waals surface area (Å²) in [5, 5.41) is 0. The molecular weight excluding hydrogens is 352 g/mol. The highest BCUT2D eigenvalue weighted by Crippen LogP contribution is 2.21. The van der Waals surface area contributed by atoms with E-state index < -0.39 is 10.0 Å². The van der Waals surface area contributed by atoms with Crippen LogP contribution in [-0.4, -0.2) is 58.1 Å². The maximum atomic E-state index is 12.5. The van der Waals surface area contributed by atoms with Crippen molar-refractivity contribution in [2.45, 2.75) is 11.8 Å². The molecule has 0 aliphatic carbocycles. The van der Waals surface area contributed by atoms with E-state index in [1.165, 1.54) is 12.1 Å². The van der Waals surface area contributed by atoms with Gasteiger partial charge in [-0.05, 0) is 50.4 Å². The van der Waals surface area contributed by atoms with Crippen LogP contribution < -0.4 is 14.4 Å². The number of nitrogens with zero attached hydrogens (tertiary/aromatic N) is 3. The van der Waals surface area contributed by atoms with Crippen molar-refractivity contribution in [3.63, 3.8) is 0 Å². The lowest BCUT2D eigenvalue weighted by molar-refractivity contribution is 0.313. The molecule has 1 saturated heterocycles. The molecule has 2 aromatic rings. The third-order valence-electron chi connectivity index (χ3n) is 4.30. The van der Waals surface area contributed by atoms with Gasteiger partial charge >= 0.3 is 0 Å². The van der Waals surface area contributed by atoms with Crippen molar-refractivity contribution >= 4 is 21.5 Å². The Kier molecular flexibility index (Phi) is 5.63. The number of benzene rings is 1. The van der Waals surface area contributed by atoms with E-state index in [2.05, 4.69) is 26.6 Å². The fraction of sp³-hybridized carbons (Fsp3) is 0.389. The van der Waals surface area contributed by atoms with Crippen LogP contribution in [0.25, 0.3) is 0 Å². The van der Waals surface area contributed by atoms with Gasteiger partial charge in [-0.2, -0.15) is 0 Å². The maximum absolute atomic E-state index is 12.5. The minimum absolute atomic E-state index is 0.172. The molecule has 1 aromatic heterocycles. The Morgan fingerprint density at radius 1 is 1.08 bits per heavy atom. The largest absolute Gasteiger partial charge is 0.494 e. The lowest BCUT2D eigenvalue weighted by Crippen LogP contribution is -2.44. The standard InChI is InChI=1S/C18H24N4O3S/c1-3-25-16-5-7-17(8-6-16)26(23,24)20-18-9-4-15(14-19-18)22-12-10-21(2)11-13-22/h4-9,14H,3,10-13H2,1-2H3,(H,19,20). The number of hydrogen-bond acceptors (Lipinski definition) is 6. The molecule has 0 saturated carbocycles. The van der Waals surface area contributed by atoms with Crippen LogP contribution in [0.4, 0.5) is 11.5 Å². The van der Waals surface area contributed by atoms with Crippen LogP contribution in [0, 0.1) is 0 Å². The monoisotopic (exact) mass is 376 g/mol. The Morgan fingerprint density at radius 2 is 1.77 bits per heavy atom. The molecule has 1 N–H and O–H groups in total. The van der Waals surface area contributed by atoms with Crippen LogP contribution >= 0.6 is 0 Å². The Balaban J connectivity index is 1.67. The number of aromatic nitrogens is 1. The van der Waals surface area contributed by atoms with Crippen LogP contribution in [0.1, 0.15) is 6.92 Å². The quantitative estimate of drug-likeness (QED) is 0.832. The highest BCUT2D eigenvalue weighted by atomic mass is 32.2. The second kappa shape index (κ2) is 7.92. The molecule has 3 rings (SSSR count). The summed E-state index contributed by atoms with van der Waals surface area (Å²) >= 11 is 0. The van der Waals surface area contributed by atoms with Crippen molar-refractivity contribution < 1.29 is 13.2 Å². The normalized spacial score (nSPS) is 15.7. The van der Waals surface area contributed by atoms with Gasteiger partial charge in [-0.15, -0.1) is 0 Å². The zero-order valence-electron chi connectivity index (χ0n) is 15.1. The second-order valence-corrected chi connectivity index (χ2v) is 7.88. The lowest BCUT2D eigenvalue weighted by atomic mass is 10.3. The van der Waals surface area contributed by atoms with Crippen molar-refractivity contribution in [2.75, 3.05) is 49.5 Å². The van der Waals surface area contributed by atoms with Gasteiger partial charge in [0.25, 0.3) is 10.0 Å². The molecule has 0 spiro atoms. The number of pyridine rings is 1. The first-order chi connectivity index (χ1) is 12.5. The average molecular weight is 376 g/mol. The SMILES string of the molecule is CCOc1ccc(S(=O)(=O)Nc2ccc(N3CCN(C)CC3)cn2)cc1. The van der Waals surface area contributed by atoms with E-state index in [1.807, 2.05) is 13.0 Å². The van der Waals surface area contributed by atoms with E-state index in [-0.39, 0.29) is 4.90 Å². The smallest absolute Gasteiger partial charge is 0.263 e. The van der Waals surface area contributed by atoms with Crippen molar-refractivity contribution in [3.05, 3.63) is 42.6 Å². The van der Waals surface area contributed by atoms with Gasteiger partial charge in [0.15, 0.2) is 0 Å². The third-order valence-corrected chi connectivity index (χ3v) is 5.67. The lowest BCUT2D eigenvalue weighted by Gasteiger charge is -2.33. The molecule has 8 heteroatoms. The molecule has 0 radical (unpaired) electrons. The summed E-state index contributed by atoms with van der Waals surface area (Å²) in [5.41, 5.74) is 1.00. The molecule has 26 heavy (non-hydrogen) atoms. The van der Waals surface area contributed by atoms with Crippen LogP contribution in [0.5, 0.6) is 5.75 Å². The number of anilines is 2. The van der Waals surface area contributed by atoms with Gasteiger partial charge in [0.1, 0.15) is 11.6 Å². The fourth-order valence-electron chi connectivity index (χ4n) is 2.78. The number of ether oxygens (including phenoxy) is 1. The summed E-state index contributed by atoms with van der Waals surface area (Å²) in [6.07, 6.45) is 1.71. The summed E-state index contributed by atoms with van der Waals surface area (Å²) < 4.78 is 32.8. The van der Waals surface area contributed by atoms with Crippen LogP contribution in [0.3, 0.4) is 0 Å². The van der Waals surface area contributed by atoms with E-state index in [0.29, 0.717) is 18.2 Å². The first-order valence-electron chi connectivity index (χ1n) is 8.63. The van der Waals surface area contributed by atoms with E-state index in [9.17, 15) is 8.42 Å². The number of rotatable bonds is 6. The molecule has 1 aliphatic rings. The Hall–Kier alpha value is -2.32. The van der Waals surface area contributed by atoms with E-state index in [4.69, 9.17) is 4.74 Å². The molecule has 140 valence electrons. The van der Waals surface area contributed by atoms with Crippen LogP contribution in [-0.2, 0) is 10.0 Å².